The number of benzene rings is 2. The van der Waals surface area contributed by atoms with Crippen LogP contribution in [0.4, 0.5) is 0 Å². The van der Waals surface area contributed by atoms with Crippen molar-refractivity contribution >= 4 is 32.1 Å². The third kappa shape index (κ3) is 4.47. The van der Waals surface area contributed by atoms with E-state index in [-0.39, 0.29) is 4.90 Å². The Labute approximate surface area is 130 Å². The van der Waals surface area contributed by atoms with Gasteiger partial charge >= 0.3 is 16.1 Å². The van der Waals surface area contributed by atoms with Gasteiger partial charge in [-0.2, -0.15) is 8.42 Å². The largest absolute Gasteiger partial charge is 0.424 e. The van der Waals surface area contributed by atoms with Gasteiger partial charge in [-0.1, -0.05) is 34.1 Å². The van der Waals surface area contributed by atoms with Crippen LogP contribution in [0.5, 0.6) is 5.75 Å². The zero-order chi connectivity index (χ0) is 15.3. The molecule has 0 radical (unpaired) electrons. The molecule has 8 heteroatoms. The molecule has 0 atom stereocenters. The van der Waals surface area contributed by atoms with Crippen LogP contribution in [0, 0.1) is 0 Å². The Morgan fingerprint density at radius 3 is 2.29 bits per heavy atom. The van der Waals surface area contributed by atoms with E-state index in [0.29, 0.717) is 5.75 Å². The number of hydrogen-bond acceptors (Lipinski definition) is 5. The van der Waals surface area contributed by atoms with Crippen molar-refractivity contribution in [1.29, 1.82) is 0 Å². The van der Waals surface area contributed by atoms with Gasteiger partial charge in [-0.25, -0.2) is 0 Å². The van der Waals surface area contributed by atoms with Crippen LogP contribution in [0.25, 0.3) is 0 Å². The first kappa shape index (κ1) is 15.3. The lowest BCUT2D eigenvalue weighted by Crippen LogP contribution is -2.20. The van der Waals surface area contributed by atoms with Crippen molar-refractivity contribution in [2.75, 3.05) is 0 Å². The van der Waals surface area contributed by atoms with Crippen LogP contribution >= 0.6 is 15.9 Å². The molecule has 0 unspecified atom stereocenters. The van der Waals surface area contributed by atoms with Gasteiger partial charge in [0.2, 0.25) is 0 Å². The molecule has 110 valence electrons. The van der Waals surface area contributed by atoms with Crippen LogP contribution in [-0.4, -0.2) is 14.4 Å². The molecule has 0 aromatic heterocycles. The lowest BCUT2D eigenvalue weighted by Gasteiger charge is -2.04. The molecule has 0 spiro atoms. The van der Waals surface area contributed by atoms with Gasteiger partial charge in [-0.05, 0) is 41.6 Å². The molecule has 2 rings (SSSR count). The molecule has 0 saturated carbocycles. The summed E-state index contributed by atoms with van der Waals surface area (Å²) in [5, 5.41) is 3.26. The van der Waals surface area contributed by atoms with E-state index >= 15 is 0 Å². The van der Waals surface area contributed by atoms with Crippen LogP contribution in [0.2, 0.25) is 0 Å². The zero-order valence-electron chi connectivity index (χ0n) is 10.6. The normalized spacial score (nSPS) is 12.0. The van der Waals surface area contributed by atoms with Crippen molar-refractivity contribution in [2.24, 2.45) is 10.9 Å². The first-order valence-electron chi connectivity index (χ1n) is 5.73. The number of hydrogen-bond donors (Lipinski definition) is 1. The molecule has 0 amide bonds. The Hall–Kier alpha value is -2.06. The minimum atomic E-state index is -4.01. The molecule has 2 aromatic rings. The Balaban J connectivity index is 2.05. The Bertz CT molecular complexity index is 731. The van der Waals surface area contributed by atoms with E-state index in [2.05, 4.69) is 25.4 Å². The molecule has 6 nitrogen and oxygen atoms in total. The molecule has 2 aromatic carbocycles. The van der Waals surface area contributed by atoms with E-state index in [1.165, 1.54) is 12.1 Å². The lowest BCUT2D eigenvalue weighted by atomic mass is 10.3. The summed E-state index contributed by atoms with van der Waals surface area (Å²) < 4.78 is 34.0. The number of rotatable bonds is 4. The third-order valence-electron chi connectivity index (χ3n) is 2.29. The number of halogens is 1. The van der Waals surface area contributed by atoms with Gasteiger partial charge in [0.25, 0.3) is 0 Å². The van der Waals surface area contributed by atoms with Crippen molar-refractivity contribution in [3.63, 3.8) is 0 Å². The summed E-state index contributed by atoms with van der Waals surface area (Å²) in [6, 6.07) is 13.9. The van der Waals surface area contributed by atoms with Crippen molar-refractivity contribution in [3.8, 4) is 5.75 Å². The fourth-order valence-electron chi connectivity index (χ4n) is 1.36. The molecular weight excluding hydrogens is 360 g/mol. The summed E-state index contributed by atoms with van der Waals surface area (Å²) in [5.74, 6) is 0.403. The van der Waals surface area contributed by atoms with Crippen LogP contribution < -0.4 is 10.5 Å². The predicted octanol–water partition coefficient (Wildman–Crippen LogP) is 2.46. The van der Waals surface area contributed by atoms with Gasteiger partial charge in [-0.15, -0.1) is 0 Å². The van der Waals surface area contributed by atoms with E-state index in [1.54, 1.807) is 42.5 Å². The highest BCUT2D eigenvalue weighted by atomic mass is 79.9. The molecule has 21 heavy (non-hydrogen) atoms. The minimum Gasteiger partial charge on any atom is -0.424 e. The third-order valence-corrected chi connectivity index (χ3v) is 3.94. The summed E-state index contributed by atoms with van der Waals surface area (Å²) in [6.07, 6.45) is 0. The van der Waals surface area contributed by atoms with Crippen molar-refractivity contribution in [1.82, 2.24) is 0 Å². The number of nitrogens with zero attached hydrogens (tertiary/aromatic N) is 1. The van der Waals surface area contributed by atoms with Crippen LogP contribution in [0.15, 0.2) is 69.1 Å². The molecule has 0 fully saturated rings. The van der Waals surface area contributed by atoms with E-state index < -0.39 is 16.1 Å². The summed E-state index contributed by atoms with van der Waals surface area (Å²) in [6.45, 7) is 0. The highest BCUT2D eigenvalue weighted by Gasteiger charge is 2.15. The highest BCUT2D eigenvalue weighted by Crippen LogP contribution is 2.16. The van der Waals surface area contributed by atoms with Crippen molar-refractivity contribution < 1.29 is 17.4 Å². The van der Waals surface area contributed by atoms with Gasteiger partial charge in [0.1, 0.15) is 10.6 Å². The van der Waals surface area contributed by atoms with Gasteiger partial charge in [0, 0.05) is 4.47 Å². The topological polar surface area (TPSA) is 91.0 Å². The highest BCUT2D eigenvalue weighted by molar-refractivity contribution is 9.10. The van der Waals surface area contributed by atoms with Gasteiger partial charge in [0.15, 0.2) is 0 Å². The summed E-state index contributed by atoms with van der Waals surface area (Å²) in [4.78, 5) is -0.0230. The van der Waals surface area contributed by atoms with E-state index in [1.807, 2.05) is 0 Å². The monoisotopic (exact) mass is 370 g/mol. The minimum absolute atomic E-state index is 0.0230. The summed E-state index contributed by atoms with van der Waals surface area (Å²) in [5.41, 5.74) is 5.46. The average Bonchev–Trinajstić information content (AvgIpc) is 2.49. The van der Waals surface area contributed by atoms with Gasteiger partial charge < -0.3 is 10.5 Å². The van der Waals surface area contributed by atoms with Crippen molar-refractivity contribution in [3.05, 3.63) is 59.1 Å². The van der Waals surface area contributed by atoms with Gasteiger partial charge in [0.05, 0.1) is 0 Å². The van der Waals surface area contributed by atoms with Crippen LogP contribution in [0.3, 0.4) is 0 Å². The molecular formula is C13H11BrN2O4S. The molecule has 0 heterocycles. The molecule has 0 aliphatic carbocycles. The fourth-order valence-corrected chi connectivity index (χ4v) is 2.37. The first-order chi connectivity index (χ1) is 9.97. The smallest absolute Gasteiger partial charge is 0.358 e. The molecule has 2 N–H and O–H groups in total. The van der Waals surface area contributed by atoms with Crippen LogP contribution in [0.1, 0.15) is 0 Å². The van der Waals surface area contributed by atoms with E-state index in [0.717, 1.165) is 4.47 Å². The quantitative estimate of drug-likeness (QED) is 0.507. The number of oxime groups is 1. The lowest BCUT2D eigenvalue weighted by molar-refractivity contribution is 0.323. The van der Waals surface area contributed by atoms with E-state index in [4.69, 9.17) is 10.5 Å². The Morgan fingerprint density at radius 1 is 1.05 bits per heavy atom. The molecule has 0 aliphatic rings. The number of ether oxygens (including phenoxy) is 1. The maximum Gasteiger partial charge on any atom is 0.358 e. The maximum absolute atomic E-state index is 11.8. The van der Waals surface area contributed by atoms with E-state index in [9.17, 15) is 8.42 Å². The first-order valence-corrected chi connectivity index (χ1v) is 7.93. The summed E-state index contributed by atoms with van der Waals surface area (Å²) >= 11 is 3.27. The predicted molar refractivity (Wildman–Crippen MR) is 81.1 cm³/mol. The van der Waals surface area contributed by atoms with Crippen molar-refractivity contribution in [2.45, 2.75) is 4.90 Å². The van der Waals surface area contributed by atoms with Gasteiger partial charge in [-0.3, -0.25) is 4.28 Å². The standard InChI is InChI=1S/C13H11BrN2O4S/c14-10-6-8-11(9-7-10)19-13(15)16-20-21(17,18)12-4-2-1-3-5-12/h1-9H,(H2,15,16). The number of nitrogens with two attached hydrogens (primary N) is 1. The molecule has 0 bridgehead atoms. The Morgan fingerprint density at radius 2 is 1.67 bits per heavy atom. The SMILES string of the molecule is N/C(=N/OS(=O)(=O)c1ccccc1)Oc1ccc(Br)cc1. The second-order valence-corrected chi connectivity index (χ2v) is 6.27. The average molecular weight is 371 g/mol. The summed E-state index contributed by atoms with van der Waals surface area (Å²) in [7, 11) is -4.01. The molecule has 0 saturated heterocycles. The second-order valence-electron chi connectivity index (χ2n) is 3.83. The molecule has 0 aliphatic heterocycles. The fraction of sp³-hybridized carbons (Fsp3) is 0. The zero-order valence-corrected chi connectivity index (χ0v) is 13.0. The Kier molecular flexibility index (Phi) is 4.81. The number of amidine groups is 1. The van der Waals surface area contributed by atoms with Crippen LogP contribution in [-0.2, 0) is 14.4 Å². The second kappa shape index (κ2) is 6.59. The maximum atomic E-state index is 11.8.